The predicted molar refractivity (Wildman–Crippen MR) is 155 cm³/mol. The molecule has 0 amide bonds. The fraction of sp³-hybridized carbons (Fsp3) is 0.600. The molecule has 5 rings (SSSR count). The van der Waals surface area contributed by atoms with E-state index < -0.39 is 32.3 Å². The lowest BCUT2D eigenvalue weighted by molar-refractivity contribution is 0.121. The summed E-state index contributed by atoms with van der Waals surface area (Å²) in [6.45, 7) is 2.97. The van der Waals surface area contributed by atoms with Gasteiger partial charge in [-0.1, -0.05) is 9.78 Å². The van der Waals surface area contributed by atoms with Gasteiger partial charge in [-0.05, 0) is 44.5 Å². The molecule has 1 N–H and O–H groups in total. The number of nitrogens with one attached hydrogen (secondary N) is 1. The molecule has 2 aromatic heterocycles. The highest BCUT2D eigenvalue weighted by atomic mass is 32.3. The van der Waals surface area contributed by atoms with Gasteiger partial charge in [-0.25, -0.2) is 30.6 Å². The average Bonchev–Trinajstić information content (AvgIpc) is 3.37. The molecule has 2 aliphatic heterocycles. The molecular weight excluding hydrogens is 626 g/mol. The summed E-state index contributed by atoms with van der Waals surface area (Å²) >= 11 is 0. The number of imidazole rings is 1. The maximum atomic E-state index is 14.5. The Labute approximate surface area is 253 Å². The largest absolute Gasteiger partial charge is 0.491 e. The number of anilines is 1. The molecule has 2 fully saturated rings. The molecule has 3 aromatic rings. The zero-order chi connectivity index (χ0) is 31.5. The van der Waals surface area contributed by atoms with E-state index in [1.54, 1.807) is 12.1 Å². The van der Waals surface area contributed by atoms with Crippen LogP contribution in [-0.4, -0.2) is 116 Å². The van der Waals surface area contributed by atoms with Gasteiger partial charge in [0, 0.05) is 19.6 Å². The summed E-state index contributed by atoms with van der Waals surface area (Å²) in [6.07, 6.45) is -0.100. The Hall–Kier alpha value is -3.26. The highest BCUT2D eigenvalue weighted by Gasteiger charge is 2.28. The fourth-order valence-corrected chi connectivity index (χ4v) is 7.86. The number of benzene rings is 1. The number of fused-ring (bicyclic) bond motifs is 1. The lowest BCUT2D eigenvalue weighted by Gasteiger charge is -2.28. The van der Waals surface area contributed by atoms with Crippen LogP contribution in [0.25, 0.3) is 17.0 Å². The van der Waals surface area contributed by atoms with Crippen LogP contribution in [0.2, 0.25) is 0 Å². The van der Waals surface area contributed by atoms with Gasteiger partial charge in [0.15, 0.2) is 5.82 Å². The van der Waals surface area contributed by atoms with Crippen LogP contribution < -0.4 is 19.7 Å². The van der Waals surface area contributed by atoms with Crippen molar-refractivity contribution >= 4 is 37.0 Å². The molecule has 2 aliphatic rings. The molecule has 0 atom stereocenters. The summed E-state index contributed by atoms with van der Waals surface area (Å²) in [5.74, 6) is -0.319. The number of halogens is 2. The van der Waals surface area contributed by atoms with Crippen LogP contribution in [0.4, 0.5) is 14.7 Å². The van der Waals surface area contributed by atoms with E-state index in [2.05, 4.69) is 25.3 Å². The van der Waals surface area contributed by atoms with Gasteiger partial charge < -0.3 is 24.4 Å². The van der Waals surface area contributed by atoms with Gasteiger partial charge in [-0.2, -0.15) is 15.0 Å². The van der Waals surface area contributed by atoms with Crippen molar-refractivity contribution in [3.8, 4) is 17.7 Å². The van der Waals surface area contributed by atoms with Crippen LogP contribution in [0.1, 0.15) is 31.5 Å². The quantitative estimate of drug-likeness (QED) is 0.274. The van der Waals surface area contributed by atoms with Crippen molar-refractivity contribution in [2.45, 2.75) is 31.8 Å². The Bertz CT molecular complexity index is 1650. The number of ether oxygens (including phenoxy) is 3. The monoisotopic (exact) mass is 660 g/mol. The minimum atomic E-state index is -4.02. The van der Waals surface area contributed by atoms with E-state index in [-0.39, 0.29) is 60.4 Å². The maximum Gasteiger partial charge on any atom is 0.323 e. The first-order chi connectivity index (χ1) is 20.9. The van der Waals surface area contributed by atoms with Crippen molar-refractivity contribution in [2.75, 3.05) is 70.0 Å². The number of piperidine rings is 1. The molecule has 44 heavy (non-hydrogen) atoms. The summed E-state index contributed by atoms with van der Waals surface area (Å²) in [7, 11) is -8.04. The summed E-state index contributed by atoms with van der Waals surface area (Å²) in [5, 5.41) is 3.26. The van der Waals surface area contributed by atoms with Gasteiger partial charge in [0.2, 0.25) is 31.9 Å². The molecule has 19 heteroatoms. The van der Waals surface area contributed by atoms with Crippen molar-refractivity contribution in [3.05, 3.63) is 24.0 Å². The molecule has 2 saturated heterocycles. The van der Waals surface area contributed by atoms with E-state index in [4.69, 9.17) is 14.2 Å². The molecular formula is C25H34F2N8O7S2. The van der Waals surface area contributed by atoms with Crippen molar-refractivity contribution in [1.82, 2.24) is 33.5 Å². The van der Waals surface area contributed by atoms with Gasteiger partial charge in [-0.15, -0.1) is 0 Å². The maximum absolute atomic E-state index is 14.5. The van der Waals surface area contributed by atoms with Crippen LogP contribution in [0.15, 0.2) is 18.2 Å². The molecule has 0 spiro atoms. The number of aromatic nitrogens is 5. The highest BCUT2D eigenvalue weighted by molar-refractivity contribution is 8.03. The Morgan fingerprint density at radius 2 is 1.70 bits per heavy atom. The zero-order valence-corrected chi connectivity index (χ0v) is 25.9. The number of morpholine rings is 1. The summed E-state index contributed by atoms with van der Waals surface area (Å²) in [4.78, 5) is 19.5. The normalized spacial score (nSPS) is 17.1. The van der Waals surface area contributed by atoms with Gasteiger partial charge in [0.1, 0.15) is 17.4 Å². The number of hydrogen-bond acceptors (Lipinski definition) is 13. The Morgan fingerprint density at radius 3 is 2.36 bits per heavy atom. The van der Waals surface area contributed by atoms with Crippen LogP contribution >= 0.6 is 0 Å². The first kappa shape index (κ1) is 32.1. The second-order valence-electron chi connectivity index (χ2n) is 10.3. The van der Waals surface area contributed by atoms with Crippen LogP contribution in [0, 0.1) is 0 Å². The number of nitrogens with zero attached hydrogens (tertiary/aromatic N) is 7. The second-order valence-corrected chi connectivity index (χ2v) is 14.4. The molecule has 1 aromatic carbocycles. The van der Waals surface area contributed by atoms with E-state index in [9.17, 15) is 25.6 Å². The lowest BCUT2D eigenvalue weighted by atomic mass is 10.1. The summed E-state index contributed by atoms with van der Waals surface area (Å²) in [5.41, 5.74) is 0.332. The molecule has 15 nitrogen and oxygen atoms in total. The Kier molecular flexibility index (Phi) is 9.78. The minimum Gasteiger partial charge on any atom is -0.491 e. The molecule has 242 valence electrons. The first-order valence-corrected chi connectivity index (χ1v) is 17.7. The van der Waals surface area contributed by atoms with Crippen LogP contribution in [0.5, 0.6) is 11.8 Å². The minimum absolute atomic E-state index is 0.00665. The van der Waals surface area contributed by atoms with Crippen LogP contribution in [-0.2, 0) is 24.8 Å². The third kappa shape index (κ3) is 7.51. The first-order valence-electron chi connectivity index (χ1n) is 14.0. The summed E-state index contributed by atoms with van der Waals surface area (Å²) < 4.78 is 95.3. The van der Waals surface area contributed by atoms with E-state index in [1.807, 2.05) is 4.90 Å². The van der Waals surface area contributed by atoms with Gasteiger partial charge >= 0.3 is 6.01 Å². The highest BCUT2D eigenvalue weighted by Crippen LogP contribution is 2.33. The van der Waals surface area contributed by atoms with E-state index in [1.165, 1.54) is 6.07 Å². The van der Waals surface area contributed by atoms with Gasteiger partial charge in [-0.3, -0.25) is 4.57 Å². The van der Waals surface area contributed by atoms with Crippen molar-refractivity contribution in [3.63, 3.8) is 0 Å². The zero-order valence-electron chi connectivity index (χ0n) is 24.2. The number of hydrogen-bond donors (Lipinski definition) is 1. The Balaban J connectivity index is 1.48. The standard InChI is InChI=1S/C25H34F2N8O7S2/c1-43(36,37)34(44(2,38)39)11-4-14-41-19-6-3-5-18-20(19)29-22(21(26)27)35(18)24-30-23(33-12-15-40-16-13-33)31-25(32-24)42-17-7-9-28-10-8-17/h3,5-6,17,21,28H,4,7-16H2,1-2H3. The third-order valence-corrected chi connectivity index (χ3v) is 10.5. The van der Waals surface area contributed by atoms with E-state index in [0.29, 0.717) is 30.0 Å². The molecule has 0 aliphatic carbocycles. The van der Waals surface area contributed by atoms with Crippen LogP contribution in [0.3, 0.4) is 0 Å². The van der Waals surface area contributed by atoms with Crippen molar-refractivity contribution in [2.24, 2.45) is 0 Å². The summed E-state index contributed by atoms with van der Waals surface area (Å²) in [6, 6.07) is 4.69. The third-order valence-electron chi connectivity index (χ3n) is 7.00. The molecule has 0 unspecified atom stereocenters. The SMILES string of the molecule is CS(=O)(=O)N(CCCOc1cccc2c1nc(C(F)F)n2-c1nc(OC2CCNCC2)nc(N2CCOCC2)n1)S(C)(=O)=O. The molecule has 0 bridgehead atoms. The average molecular weight is 661 g/mol. The predicted octanol–water partition coefficient (Wildman–Crippen LogP) is 1.11. The van der Waals surface area contributed by atoms with Crippen molar-refractivity contribution < 1.29 is 39.8 Å². The topological polar surface area (TPSA) is 171 Å². The molecule has 4 heterocycles. The smallest absolute Gasteiger partial charge is 0.323 e. The van der Waals surface area contributed by atoms with Crippen molar-refractivity contribution in [1.29, 1.82) is 0 Å². The lowest BCUT2D eigenvalue weighted by Crippen LogP contribution is -2.38. The fourth-order valence-electron chi connectivity index (χ4n) is 4.97. The number of alkyl halides is 2. The number of sulfonamides is 2. The number of para-hydroxylation sites is 1. The molecule has 0 saturated carbocycles. The van der Waals surface area contributed by atoms with E-state index >= 15 is 0 Å². The Morgan fingerprint density at radius 1 is 1.02 bits per heavy atom. The van der Waals surface area contributed by atoms with Gasteiger partial charge in [0.25, 0.3) is 6.43 Å². The molecule has 0 radical (unpaired) electrons. The number of rotatable bonds is 12. The second kappa shape index (κ2) is 13.4. The van der Waals surface area contributed by atoms with E-state index in [0.717, 1.165) is 43.0 Å². The van der Waals surface area contributed by atoms with Gasteiger partial charge in [0.05, 0.1) is 37.8 Å².